The number of aromatic amines is 1. The Morgan fingerprint density at radius 2 is 2.24 bits per heavy atom. The molecule has 7 nitrogen and oxygen atoms in total. The summed E-state index contributed by atoms with van der Waals surface area (Å²) >= 11 is 0. The van der Waals surface area contributed by atoms with E-state index in [9.17, 15) is 9.59 Å². The molecule has 1 amide bonds. The van der Waals surface area contributed by atoms with E-state index in [0.29, 0.717) is 30.8 Å². The number of ether oxygens (including phenoxy) is 1. The Labute approximate surface area is 146 Å². The largest absolute Gasteiger partial charge is 0.469 e. The Bertz CT molecular complexity index is 749. The lowest BCUT2D eigenvalue weighted by Crippen LogP contribution is -2.29. The molecule has 0 aromatic carbocycles. The molecular formula is C18H23N3O4. The molecule has 1 N–H and O–H groups in total. The summed E-state index contributed by atoms with van der Waals surface area (Å²) in [6, 6.07) is 1.74. The summed E-state index contributed by atoms with van der Waals surface area (Å²) in [6.45, 7) is 5.33. The molecular weight excluding hydrogens is 322 g/mol. The zero-order chi connectivity index (χ0) is 17.8. The SMILES string of the molecule is CCCc1occc1C(=O)N1CCC(c2[nH]ncc2C(=O)OCC)C1. The van der Waals surface area contributed by atoms with Crippen LogP contribution < -0.4 is 0 Å². The van der Waals surface area contributed by atoms with Crippen molar-refractivity contribution < 1.29 is 18.7 Å². The van der Waals surface area contributed by atoms with E-state index >= 15 is 0 Å². The van der Waals surface area contributed by atoms with Gasteiger partial charge in [0.1, 0.15) is 11.3 Å². The molecule has 0 radical (unpaired) electrons. The van der Waals surface area contributed by atoms with Crippen molar-refractivity contribution in [2.24, 2.45) is 0 Å². The van der Waals surface area contributed by atoms with Crippen molar-refractivity contribution in [3.8, 4) is 0 Å². The van der Waals surface area contributed by atoms with Crippen LogP contribution in [0.2, 0.25) is 0 Å². The molecule has 1 aliphatic rings. The van der Waals surface area contributed by atoms with E-state index < -0.39 is 0 Å². The molecule has 3 heterocycles. The maximum absolute atomic E-state index is 12.8. The Hall–Kier alpha value is -2.57. The molecule has 2 aromatic heterocycles. The zero-order valence-electron chi connectivity index (χ0n) is 14.6. The van der Waals surface area contributed by atoms with Crippen LogP contribution in [0.5, 0.6) is 0 Å². The van der Waals surface area contributed by atoms with Gasteiger partial charge in [-0.3, -0.25) is 9.89 Å². The molecule has 1 saturated heterocycles. The van der Waals surface area contributed by atoms with Crippen LogP contribution in [0.3, 0.4) is 0 Å². The van der Waals surface area contributed by atoms with Gasteiger partial charge in [0.2, 0.25) is 0 Å². The highest BCUT2D eigenvalue weighted by Gasteiger charge is 2.33. The third-order valence-electron chi connectivity index (χ3n) is 4.50. The first-order valence-corrected chi connectivity index (χ1v) is 8.71. The van der Waals surface area contributed by atoms with Gasteiger partial charge in [-0.1, -0.05) is 6.92 Å². The highest BCUT2D eigenvalue weighted by Crippen LogP contribution is 2.30. The first-order valence-electron chi connectivity index (χ1n) is 8.71. The fourth-order valence-corrected chi connectivity index (χ4v) is 3.28. The number of hydrogen-bond donors (Lipinski definition) is 1. The lowest BCUT2D eigenvalue weighted by atomic mass is 10.0. The third kappa shape index (κ3) is 3.45. The number of amides is 1. The Kier molecular flexibility index (Phi) is 5.21. The summed E-state index contributed by atoms with van der Waals surface area (Å²) in [5.74, 6) is 0.394. The second kappa shape index (κ2) is 7.55. The van der Waals surface area contributed by atoms with E-state index in [1.54, 1.807) is 19.3 Å². The first-order chi connectivity index (χ1) is 12.2. The summed E-state index contributed by atoms with van der Waals surface area (Å²) in [4.78, 5) is 26.6. The normalized spacial score (nSPS) is 17.0. The summed E-state index contributed by atoms with van der Waals surface area (Å²) in [5.41, 5.74) is 1.84. The van der Waals surface area contributed by atoms with Crippen molar-refractivity contribution >= 4 is 11.9 Å². The number of carbonyl (C=O) groups is 2. The average molecular weight is 345 g/mol. The molecule has 7 heteroatoms. The van der Waals surface area contributed by atoms with Gasteiger partial charge in [-0.2, -0.15) is 5.10 Å². The lowest BCUT2D eigenvalue weighted by molar-refractivity contribution is 0.0524. The fraction of sp³-hybridized carbons (Fsp3) is 0.500. The topological polar surface area (TPSA) is 88.4 Å². The number of H-pyrrole nitrogens is 1. The maximum Gasteiger partial charge on any atom is 0.341 e. The third-order valence-corrected chi connectivity index (χ3v) is 4.50. The predicted octanol–water partition coefficient (Wildman–Crippen LogP) is 2.76. The summed E-state index contributed by atoms with van der Waals surface area (Å²) < 4.78 is 10.5. The van der Waals surface area contributed by atoms with Gasteiger partial charge in [0.05, 0.1) is 30.3 Å². The van der Waals surface area contributed by atoms with Crippen LogP contribution in [0.1, 0.15) is 64.8 Å². The fourth-order valence-electron chi connectivity index (χ4n) is 3.28. The predicted molar refractivity (Wildman–Crippen MR) is 90.5 cm³/mol. The highest BCUT2D eigenvalue weighted by atomic mass is 16.5. The van der Waals surface area contributed by atoms with Gasteiger partial charge >= 0.3 is 5.97 Å². The van der Waals surface area contributed by atoms with Crippen molar-refractivity contribution in [3.63, 3.8) is 0 Å². The number of aromatic nitrogens is 2. The van der Waals surface area contributed by atoms with E-state index in [1.165, 1.54) is 6.20 Å². The molecule has 3 rings (SSSR count). The number of hydrogen-bond acceptors (Lipinski definition) is 5. The van der Waals surface area contributed by atoms with Crippen LogP contribution >= 0.6 is 0 Å². The van der Waals surface area contributed by atoms with Gasteiger partial charge in [0.15, 0.2) is 0 Å². The molecule has 1 atom stereocenters. The van der Waals surface area contributed by atoms with Crippen LogP contribution in [0, 0.1) is 0 Å². The van der Waals surface area contributed by atoms with Crippen LogP contribution in [0.25, 0.3) is 0 Å². The van der Waals surface area contributed by atoms with E-state index in [-0.39, 0.29) is 17.8 Å². The molecule has 25 heavy (non-hydrogen) atoms. The van der Waals surface area contributed by atoms with Gasteiger partial charge < -0.3 is 14.1 Å². The Morgan fingerprint density at radius 1 is 1.40 bits per heavy atom. The van der Waals surface area contributed by atoms with E-state index in [1.807, 2.05) is 4.90 Å². The van der Waals surface area contributed by atoms with Crippen LogP contribution in [-0.4, -0.2) is 46.7 Å². The minimum atomic E-state index is -0.379. The number of nitrogens with zero attached hydrogens (tertiary/aromatic N) is 2. The van der Waals surface area contributed by atoms with E-state index in [2.05, 4.69) is 17.1 Å². The number of esters is 1. The van der Waals surface area contributed by atoms with E-state index in [4.69, 9.17) is 9.15 Å². The zero-order valence-corrected chi connectivity index (χ0v) is 14.6. The summed E-state index contributed by atoms with van der Waals surface area (Å²) in [7, 11) is 0. The second-order valence-corrected chi connectivity index (χ2v) is 6.16. The van der Waals surface area contributed by atoms with Crippen molar-refractivity contribution in [3.05, 3.63) is 41.1 Å². The molecule has 0 spiro atoms. The number of likely N-dealkylation sites (tertiary alicyclic amines) is 1. The van der Waals surface area contributed by atoms with Crippen LogP contribution in [-0.2, 0) is 11.2 Å². The van der Waals surface area contributed by atoms with Gasteiger partial charge in [0.25, 0.3) is 5.91 Å². The standard InChI is InChI=1S/C18H23N3O4/c1-3-5-15-13(7-9-25-15)17(22)21-8-6-12(11-21)16-14(10-19-20-16)18(23)24-4-2/h7,9-10,12H,3-6,8,11H2,1-2H3,(H,19,20). The average Bonchev–Trinajstić information content (AvgIpc) is 3.34. The minimum absolute atomic E-state index is 0.0168. The van der Waals surface area contributed by atoms with E-state index in [0.717, 1.165) is 30.7 Å². The van der Waals surface area contributed by atoms with Crippen molar-refractivity contribution in [2.45, 2.75) is 39.0 Å². The smallest absolute Gasteiger partial charge is 0.341 e. The maximum atomic E-state index is 12.8. The lowest BCUT2D eigenvalue weighted by Gasteiger charge is -2.16. The molecule has 2 aromatic rings. The minimum Gasteiger partial charge on any atom is -0.469 e. The van der Waals surface area contributed by atoms with Crippen molar-refractivity contribution in [2.75, 3.05) is 19.7 Å². The quantitative estimate of drug-likeness (QED) is 0.813. The molecule has 1 fully saturated rings. The molecule has 1 aliphatic heterocycles. The van der Waals surface area contributed by atoms with Crippen molar-refractivity contribution in [1.82, 2.24) is 15.1 Å². The molecule has 0 bridgehead atoms. The van der Waals surface area contributed by atoms with Crippen LogP contribution in [0.4, 0.5) is 0 Å². The number of rotatable bonds is 6. The van der Waals surface area contributed by atoms with Gasteiger partial charge in [-0.25, -0.2) is 4.79 Å². The molecule has 1 unspecified atom stereocenters. The second-order valence-electron chi connectivity index (χ2n) is 6.16. The Morgan fingerprint density at radius 3 is 3.00 bits per heavy atom. The first kappa shape index (κ1) is 17.3. The van der Waals surface area contributed by atoms with Gasteiger partial charge in [-0.05, 0) is 25.8 Å². The van der Waals surface area contributed by atoms with Crippen molar-refractivity contribution in [1.29, 1.82) is 0 Å². The summed E-state index contributed by atoms with van der Waals surface area (Å²) in [5, 5.41) is 6.89. The molecule has 134 valence electrons. The highest BCUT2D eigenvalue weighted by molar-refractivity contribution is 5.95. The van der Waals surface area contributed by atoms with Gasteiger partial charge in [0, 0.05) is 25.4 Å². The number of aryl methyl sites for hydroxylation is 1. The molecule has 0 saturated carbocycles. The number of furan rings is 1. The Balaban J connectivity index is 1.72. The van der Waals surface area contributed by atoms with Gasteiger partial charge in [-0.15, -0.1) is 0 Å². The number of carbonyl (C=O) groups excluding carboxylic acids is 2. The summed E-state index contributed by atoms with van der Waals surface area (Å²) in [6.07, 6.45) is 5.51. The molecule has 0 aliphatic carbocycles. The monoisotopic (exact) mass is 345 g/mol. The number of nitrogens with one attached hydrogen (secondary N) is 1. The van der Waals surface area contributed by atoms with Crippen LogP contribution in [0.15, 0.2) is 22.9 Å².